The summed E-state index contributed by atoms with van der Waals surface area (Å²) in [6, 6.07) is 8.51. The van der Waals surface area contributed by atoms with Gasteiger partial charge in [-0.3, -0.25) is 14.9 Å². The molecule has 2 aromatic heterocycles. The number of nitrogens with zero attached hydrogens (tertiary/aromatic N) is 3. The molecule has 1 aromatic carbocycles. The number of esters is 1. The minimum absolute atomic E-state index is 0.108. The maximum absolute atomic E-state index is 13.1. The van der Waals surface area contributed by atoms with Crippen molar-refractivity contribution in [3.8, 4) is 0 Å². The molecule has 3 amide bonds. The van der Waals surface area contributed by atoms with E-state index in [0.29, 0.717) is 50.0 Å². The highest BCUT2D eigenvalue weighted by atomic mass is 19.1. The summed E-state index contributed by atoms with van der Waals surface area (Å²) in [4.78, 5) is 42.4. The van der Waals surface area contributed by atoms with E-state index in [0.717, 1.165) is 5.56 Å². The third-order valence-corrected chi connectivity index (χ3v) is 7.44. The van der Waals surface area contributed by atoms with Crippen molar-refractivity contribution in [1.29, 1.82) is 0 Å². The quantitative estimate of drug-likeness (QED) is 0.452. The number of aromatic nitrogens is 3. The standard InChI is InChI=1S/C25H27FN6O4/c1-36-22(34)24-7-10-25(11-8-24,12-9-24)31-23(35)30-20-14-18(29-19-6-13-28-32(19)20)21(33)27-15-16-2-4-17(26)5-3-16/h2-6,13-14H,7-12,15H2,1H3,(H,27,33)(H2,30,31,35). The van der Waals surface area contributed by atoms with Gasteiger partial charge >= 0.3 is 12.0 Å². The van der Waals surface area contributed by atoms with Crippen LogP contribution in [0.25, 0.3) is 5.65 Å². The zero-order chi connectivity index (χ0) is 25.3. The van der Waals surface area contributed by atoms with Gasteiger partial charge in [0, 0.05) is 24.2 Å². The van der Waals surface area contributed by atoms with Crippen LogP contribution in [0, 0.1) is 11.2 Å². The van der Waals surface area contributed by atoms with E-state index in [1.165, 1.54) is 36.0 Å². The second-order valence-corrected chi connectivity index (χ2v) is 9.57. The molecular weight excluding hydrogens is 467 g/mol. The number of hydrogen-bond acceptors (Lipinski definition) is 6. The summed E-state index contributed by atoms with van der Waals surface area (Å²) in [5.41, 5.74) is 0.430. The number of anilines is 1. The molecule has 3 aliphatic rings. The average Bonchev–Trinajstić information content (AvgIpc) is 3.38. The average molecular weight is 495 g/mol. The maximum atomic E-state index is 13.1. The number of ether oxygens (including phenoxy) is 1. The summed E-state index contributed by atoms with van der Waals surface area (Å²) in [5, 5.41) is 12.9. The Morgan fingerprint density at radius 1 is 1.06 bits per heavy atom. The lowest BCUT2D eigenvalue weighted by Gasteiger charge is -2.51. The number of fused-ring (bicyclic) bond motifs is 4. The highest BCUT2D eigenvalue weighted by Gasteiger charge is 2.53. The van der Waals surface area contributed by atoms with E-state index in [2.05, 4.69) is 26.0 Å². The van der Waals surface area contributed by atoms with Crippen LogP contribution in [0.1, 0.15) is 54.6 Å². The Hall–Kier alpha value is -4.02. The van der Waals surface area contributed by atoms with Crippen LogP contribution in [0.3, 0.4) is 0 Å². The summed E-state index contributed by atoms with van der Waals surface area (Å²) >= 11 is 0. The predicted molar refractivity (Wildman–Crippen MR) is 128 cm³/mol. The van der Waals surface area contributed by atoms with Gasteiger partial charge in [-0.15, -0.1) is 0 Å². The monoisotopic (exact) mass is 494 g/mol. The van der Waals surface area contributed by atoms with Crippen LogP contribution in [-0.2, 0) is 16.1 Å². The molecule has 0 aliphatic heterocycles. The van der Waals surface area contributed by atoms with Crippen molar-refractivity contribution in [2.75, 3.05) is 12.4 Å². The van der Waals surface area contributed by atoms with Crippen molar-refractivity contribution in [2.45, 2.75) is 50.6 Å². The second kappa shape index (κ2) is 9.21. The Kier molecular flexibility index (Phi) is 6.07. The first-order valence-corrected chi connectivity index (χ1v) is 11.9. The number of amides is 3. The molecule has 6 rings (SSSR count). The van der Waals surface area contributed by atoms with Crippen LogP contribution < -0.4 is 16.0 Å². The van der Waals surface area contributed by atoms with Crippen LogP contribution in [0.4, 0.5) is 15.0 Å². The lowest BCUT2D eigenvalue weighted by atomic mass is 9.57. The highest BCUT2D eigenvalue weighted by molar-refractivity contribution is 5.95. The SMILES string of the molecule is COC(=O)C12CCC(NC(=O)Nc3cc(C(=O)NCc4ccc(F)cc4)nc4ccnn34)(CC1)CC2. The molecule has 3 aliphatic carbocycles. The van der Waals surface area contributed by atoms with Crippen LogP contribution in [-0.4, -0.2) is 45.2 Å². The molecule has 36 heavy (non-hydrogen) atoms. The predicted octanol–water partition coefficient (Wildman–Crippen LogP) is 3.19. The van der Waals surface area contributed by atoms with Crippen molar-refractivity contribution in [3.63, 3.8) is 0 Å². The smallest absolute Gasteiger partial charge is 0.320 e. The second-order valence-electron chi connectivity index (χ2n) is 9.57. The van der Waals surface area contributed by atoms with Crippen LogP contribution in [0.15, 0.2) is 42.6 Å². The van der Waals surface area contributed by atoms with Crippen molar-refractivity contribution in [1.82, 2.24) is 25.2 Å². The van der Waals surface area contributed by atoms with Gasteiger partial charge in [0.15, 0.2) is 5.65 Å². The Balaban J connectivity index is 1.27. The van der Waals surface area contributed by atoms with Crippen molar-refractivity contribution < 1.29 is 23.5 Å². The number of nitrogens with one attached hydrogen (secondary N) is 3. The van der Waals surface area contributed by atoms with Gasteiger partial charge in [-0.05, 0) is 56.2 Å². The van der Waals surface area contributed by atoms with E-state index >= 15 is 0 Å². The Morgan fingerprint density at radius 3 is 2.42 bits per heavy atom. The Morgan fingerprint density at radius 2 is 1.75 bits per heavy atom. The molecule has 3 N–H and O–H groups in total. The van der Waals surface area contributed by atoms with E-state index < -0.39 is 17.4 Å². The van der Waals surface area contributed by atoms with Gasteiger partial charge in [-0.2, -0.15) is 9.61 Å². The lowest BCUT2D eigenvalue weighted by molar-refractivity contribution is -0.160. The van der Waals surface area contributed by atoms with E-state index in [4.69, 9.17) is 4.74 Å². The summed E-state index contributed by atoms with van der Waals surface area (Å²) in [6.45, 7) is 0.198. The first kappa shape index (κ1) is 23.7. The Labute approximate surface area is 206 Å². The van der Waals surface area contributed by atoms with Gasteiger partial charge in [0.25, 0.3) is 5.91 Å². The van der Waals surface area contributed by atoms with Gasteiger partial charge in [0.05, 0.1) is 18.7 Å². The number of hydrogen-bond donors (Lipinski definition) is 3. The molecule has 3 fully saturated rings. The lowest BCUT2D eigenvalue weighted by Crippen LogP contribution is -2.59. The van der Waals surface area contributed by atoms with Gasteiger partial charge in [-0.25, -0.2) is 14.2 Å². The number of urea groups is 1. The van der Waals surface area contributed by atoms with E-state index in [1.54, 1.807) is 18.2 Å². The van der Waals surface area contributed by atoms with Crippen LogP contribution in [0.2, 0.25) is 0 Å². The topological polar surface area (TPSA) is 127 Å². The molecule has 0 atom stereocenters. The third kappa shape index (κ3) is 4.48. The van der Waals surface area contributed by atoms with Gasteiger partial charge in [0.2, 0.25) is 0 Å². The van der Waals surface area contributed by atoms with Crippen molar-refractivity contribution >= 4 is 29.4 Å². The molecule has 0 saturated heterocycles. The number of carbonyl (C=O) groups excluding carboxylic acids is 3. The molecule has 3 aromatic rings. The zero-order valence-electron chi connectivity index (χ0n) is 19.8. The molecule has 0 spiro atoms. The van der Waals surface area contributed by atoms with Gasteiger partial charge in [0.1, 0.15) is 17.3 Å². The molecule has 3 saturated carbocycles. The first-order valence-electron chi connectivity index (χ1n) is 11.9. The largest absolute Gasteiger partial charge is 0.469 e. The Bertz CT molecular complexity index is 1300. The van der Waals surface area contributed by atoms with E-state index in [-0.39, 0.29) is 29.6 Å². The molecule has 10 nitrogen and oxygen atoms in total. The van der Waals surface area contributed by atoms with E-state index in [1.807, 2.05) is 0 Å². The molecule has 2 bridgehead atoms. The first-order chi connectivity index (χ1) is 17.3. The number of benzene rings is 1. The molecule has 188 valence electrons. The molecular formula is C25H27FN6O4. The number of methoxy groups -OCH3 is 1. The molecule has 2 heterocycles. The summed E-state index contributed by atoms with van der Waals surface area (Å²) < 4.78 is 19.6. The summed E-state index contributed by atoms with van der Waals surface area (Å²) in [5.74, 6) is -0.663. The zero-order valence-corrected chi connectivity index (χ0v) is 19.8. The normalized spacial score (nSPS) is 22.7. The van der Waals surface area contributed by atoms with Crippen LogP contribution in [0.5, 0.6) is 0 Å². The molecule has 0 radical (unpaired) electrons. The third-order valence-electron chi connectivity index (χ3n) is 7.44. The van der Waals surface area contributed by atoms with Gasteiger partial charge in [-0.1, -0.05) is 12.1 Å². The summed E-state index contributed by atoms with van der Waals surface area (Å²) in [7, 11) is 1.42. The minimum atomic E-state index is -0.441. The fourth-order valence-electron chi connectivity index (χ4n) is 5.28. The summed E-state index contributed by atoms with van der Waals surface area (Å²) in [6.07, 6.45) is 5.64. The van der Waals surface area contributed by atoms with Crippen LogP contribution >= 0.6 is 0 Å². The highest BCUT2D eigenvalue weighted by Crippen LogP contribution is 2.52. The fraction of sp³-hybridized carbons (Fsp3) is 0.400. The number of carbonyl (C=O) groups is 3. The minimum Gasteiger partial charge on any atom is -0.469 e. The maximum Gasteiger partial charge on any atom is 0.320 e. The number of halogens is 1. The fourth-order valence-corrected chi connectivity index (χ4v) is 5.28. The molecule has 11 heteroatoms. The van der Waals surface area contributed by atoms with E-state index in [9.17, 15) is 18.8 Å². The van der Waals surface area contributed by atoms with Gasteiger partial charge < -0.3 is 15.4 Å². The number of rotatable bonds is 6. The van der Waals surface area contributed by atoms with Crippen molar-refractivity contribution in [3.05, 3.63) is 59.7 Å². The molecule has 0 unspecified atom stereocenters. The van der Waals surface area contributed by atoms with Crippen molar-refractivity contribution in [2.24, 2.45) is 5.41 Å².